The van der Waals surface area contributed by atoms with Crippen LogP contribution in [-0.2, 0) is 38.6 Å². The maximum atomic E-state index is 12.7. The molecule has 0 aliphatic carbocycles. The highest BCUT2D eigenvalue weighted by Crippen LogP contribution is 2.29. The van der Waals surface area contributed by atoms with Gasteiger partial charge in [0, 0.05) is 35.7 Å². The number of benzene rings is 1. The number of sulfonamides is 1. The average molecular weight is 561 g/mol. The van der Waals surface area contributed by atoms with Crippen LogP contribution in [0.2, 0.25) is 0 Å². The molecular weight excluding hydrogens is 533 g/mol. The van der Waals surface area contributed by atoms with Crippen LogP contribution in [0.25, 0.3) is 0 Å². The van der Waals surface area contributed by atoms with Crippen molar-refractivity contribution in [2.75, 3.05) is 13.1 Å². The van der Waals surface area contributed by atoms with Gasteiger partial charge < -0.3 is 10.4 Å². The Morgan fingerprint density at radius 3 is 2.43 bits per heavy atom. The number of aliphatic imine (C=N–C) groups is 1. The van der Waals surface area contributed by atoms with Gasteiger partial charge in [-0.25, -0.2) is 8.42 Å². The number of aryl methyl sites for hydroxylation is 1. The Balaban J connectivity index is 1.50. The number of carboxylic acids is 1. The molecule has 1 aliphatic heterocycles. The molecule has 1 amide bonds. The topological polar surface area (TPSA) is 137 Å². The summed E-state index contributed by atoms with van der Waals surface area (Å²) in [7, 11) is -4.36. The summed E-state index contributed by atoms with van der Waals surface area (Å²) >= 11 is 1.34. The van der Waals surface area contributed by atoms with Crippen LogP contribution >= 0.6 is 11.3 Å². The zero-order valence-electron chi connectivity index (χ0n) is 19.7. The molecule has 2 aromatic rings. The summed E-state index contributed by atoms with van der Waals surface area (Å²) in [5.74, 6) is -1.03. The molecule has 0 saturated carbocycles. The van der Waals surface area contributed by atoms with E-state index in [1.54, 1.807) is 6.07 Å². The molecule has 1 atom stereocenters. The predicted octanol–water partition coefficient (Wildman–Crippen LogP) is 2.92. The Morgan fingerprint density at radius 1 is 1.11 bits per heavy atom. The number of hydrogen-bond acceptors (Lipinski definition) is 7. The molecule has 4 N–H and O–H groups in total. The van der Waals surface area contributed by atoms with Crippen molar-refractivity contribution in [3.8, 4) is 0 Å². The smallest absolute Gasteiger partial charge is 0.416 e. The van der Waals surface area contributed by atoms with Crippen LogP contribution in [0.15, 0.2) is 46.3 Å². The van der Waals surface area contributed by atoms with Crippen molar-refractivity contribution in [1.82, 2.24) is 15.4 Å². The minimum absolute atomic E-state index is 0.121. The standard InChI is InChI=1S/C23H27F3N4O5S2/c24-23(25,26)15-6-10-18(11-7-15)37(34,35)30-19(21(32)33)14-17-9-8-16(36-17)4-1-2-5-20(31)29-22-27-12-3-13-28-22/h6-11,19,30H,1-5,12-14H2,(H,32,33)(H2,27,28,29,31)/t19-/m0/s1. The lowest BCUT2D eigenvalue weighted by Gasteiger charge is -2.15. The number of amides is 1. The Morgan fingerprint density at radius 2 is 1.81 bits per heavy atom. The van der Waals surface area contributed by atoms with E-state index < -0.39 is 38.7 Å². The van der Waals surface area contributed by atoms with Crippen LogP contribution in [0.5, 0.6) is 0 Å². The van der Waals surface area contributed by atoms with Crippen molar-refractivity contribution in [2.24, 2.45) is 4.99 Å². The number of carbonyl (C=O) groups excluding carboxylic acids is 1. The third kappa shape index (κ3) is 8.83. The number of carbonyl (C=O) groups is 2. The molecule has 2 heterocycles. The fraction of sp³-hybridized carbons (Fsp3) is 0.435. The van der Waals surface area contributed by atoms with Crippen LogP contribution in [0.1, 0.15) is 41.0 Å². The van der Waals surface area contributed by atoms with Gasteiger partial charge in [-0.05, 0) is 62.1 Å². The van der Waals surface area contributed by atoms with Gasteiger partial charge in [0.1, 0.15) is 6.04 Å². The number of unbranched alkanes of at least 4 members (excludes halogenated alkanes) is 1. The summed E-state index contributed by atoms with van der Waals surface area (Å²) in [4.78, 5) is 29.0. The summed E-state index contributed by atoms with van der Waals surface area (Å²) in [6.45, 7) is 1.46. The van der Waals surface area contributed by atoms with E-state index in [0.717, 1.165) is 36.4 Å². The molecular formula is C23H27F3N4O5S2. The molecule has 0 radical (unpaired) electrons. The van der Waals surface area contributed by atoms with Crippen LogP contribution in [-0.4, -0.2) is 50.5 Å². The molecule has 0 fully saturated rings. The minimum Gasteiger partial charge on any atom is -0.480 e. The molecule has 9 nitrogen and oxygen atoms in total. The Kier molecular flexibility index (Phi) is 9.68. The third-order valence-electron chi connectivity index (χ3n) is 5.44. The second-order valence-electron chi connectivity index (χ2n) is 8.37. The first kappa shape index (κ1) is 28.6. The summed E-state index contributed by atoms with van der Waals surface area (Å²) in [5.41, 5.74) is -1.01. The van der Waals surface area contributed by atoms with Crippen molar-refractivity contribution in [3.05, 3.63) is 51.7 Å². The summed E-state index contributed by atoms with van der Waals surface area (Å²) in [5, 5.41) is 15.3. The van der Waals surface area contributed by atoms with Crippen LogP contribution in [0.4, 0.5) is 13.2 Å². The van der Waals surface area contributed by atoms with E-state index in [0.29, 0.717) is 48.8 Å². The van der Waals surface area contributed by atoms with E-state index in [2.05, 4.69) is 20.3 Å². The van der Waals surface area contributed by atoms with E-state index in [1.807, 2.05) is 6.07 Å². The molecule has 0 spiro atoms. The summed E-state index contributed by atoms with van der Waals surface area (Å²) in [6.07, 6.45) is -1.42. The van der Waals surface area contributed by atoms with E-state index in [-0.39, 0.29) is 12.3 Å². The van der Waals surface area contributed by atoms with Gasteiger partial charge in [-0.2, -0.15) is 17.9 Å². The number of nitrogens with one attached hydrogen (secondary N) is 3. The largest absolute Gasteiger partial charge is 0.480 e. The van der Waals surface area contributed by atoms with Gasteiger partial charge in [-0.3, -0.25) is 19.9 Å². The molecule has 1 aromatic carbocycles. The number of carboxylic acid groups (broad SMARTS) is 1. The van der Waals surface area contributed by atoms with E-state index in [4.69, 9.17) is 0 Å². The van der Waals surface area contributed by atoms with Gasteiger partial charge in [0.05, 0.1) is 10.5 Å². The maximum Gasteiger partial charge on any atom is 0.416 e. The van der Waals surface area contributed by atoms with Crippen molar-refractivity contribution >= 4 is 39.2 Å². The molecule has 3 rings (SSSR count). The summed E-state index contributed by atoms with van der Waals surface area (Å²) in [6, 6.07) is 4.85. The van der Waals surface area contributed by atoms with Gasteiger partial charge in [-0.1, -0.05) is 0 Å². The zero-order chi connectivity index (χ0) is 27.1. The van der Waals surface area contributed by atoms with Crippen LogP contribution in [0, 0.1) is 0 Å². The lowest BCUT2D eigenvalue weighted by atomic mass is 10.1. The molecule has 1 aliphatic rings. The number of hydrogen-bond donors (Lipinski definition) is 4. The van der Waals surface area contributed by atoms with E-state index in [9.17, 15) is 36.3 Å². The van der Waals surface area contributed by atoms with Crippen molar-refractivity contribution in [1.29, 1.82) is 0 Å². The number of aliphatic carboxylic acids is 1. The fourth-order valence-electron chi connectivity index (χ4n) is 3.52. The minimum atomic E-state index is -4.62. The number of alkyl halides is 3. The van der Waals surface area contributed by atoms with Gasteiger partial charge >= 0.3 is 12.1 Å². The quantitative estimate of drug-likeness (QED) is 0.312. The van der Waals surface area contributed by atoms with Crippen molar-refractivity contribution < 1.29 is 36.3 Å². The molecule has 0 saturated heterocycles. The van der Waals surface area contributed by atoms with Gasteiger partial charge in [0.25, 0.3) is 0 Å². The summed E-state index contributed by atoms with van der Waals surface area (Å²) < 4.78 is 65.4. The Bertz CT molecular complexity index is 1230. The Labute approximate surface area is 216 Å². The lowest BCUT2D eigenvalue weighted by molar-refractivity contribution is -0.139. The normalized spacial score (nSPS) is 14.9. The van der Waals surface area contributed by atoms with Crippen molar-refractivity contribution in [3.63, 3.8) is 0 Å². The number of rotatable bonds is 11. The van der Waals surface area contributed by atoms with Gasteiger partial charge in [0.2, 0.25) is 15.9 Å². The highest BCUT2D eigenvalue weighted by atomic mass is 32.2. The number of halogens is 3. The molecule has 37 heavy (non-hydrogen) atoms. The van der Waals surface area contributed by atoms with Crippen LogP contribution in [0.3, 0.4) is 0 Å². The fourth-order valence-corrected chi connectivity index (χ4v) is 5.82. The first-order chi connectivity index (χ1) is 17.4. The second-order valence-corrected chi connectivity index (χ2v) is 11.3. The first-order valence-electron chi connectivity index (χ1n) is 11.5. The lowest BCUT2D eigenvalue weighted by Crippen LogP contribution is -2.43. The van der Waals surface area contributed by atoms with Gasteiger partial charge in [0.15, 0.2) is 5.96 Å². The molecule has 0 bridgehead atoms. The first-order valence-corrected chi connectivity index (χ1v) is 13.8. The molecule has 0 unspecified atom stereocenters. The van der Waals surface area contributed by atoms with Gasteiger partial charge in [-0.15, -0.1) is 11.3 Å². The molecule has 202 valence electrons. The number of thiophene rings is 1. The third-order valence-corrected chi connectivity index (χ3v) is 8.10. The van der Waals surface area contributed by atoms with Crippen LogP contribution < -0.4 is 15.4 Å². The van der Waals surface area contributed by atoms with Crippen molar-refractivity contribution in [2.45, 2.75) is 55.6 Å². The monoisotopic (exact) mass is 560 g/mol. The number of nitrogens with zero attached hydrogens (tertiary/aromatic N) is 1. The Hall–Kier alpha value is -2.97. The average Bonchev–Trinajstić information content (AvgIpc) is 3.28. The zero-order valence-corrected chi connectivity index (χ0v) is 21.3. The predicted molar refractivity (Wildman–Crippen MR) is 132 cm³/mol. The second kappa shape index (κ2) is 12.5. The highest BCUT2D eigenvalue weighted by molar-refractivity contribution is 7.89. The maximum absolute atomic E-state index is 12.7. The molecule has 1 aromatic heterocycles. The number of guanidine groups is 1. The highest BCUT2D eigenvalue weighted by Gasteiger charge is 2.31. The van der Waals surface area contributed by atoms with E-state index in [1.165, 1.54) is 11.3 Å². The molecule has 14 heteroatoms. The van der Waals surface area contributed by atoms with E-state index >= 15 is 0 Å². The SMILES string of the molecule is O=C(CCCCc1ccc(C[C@H](NS(=O)(=O)c2ccc(C(F)(F)F)cc2)C(=O)O)s1)NC1=NCCCN1.